The van der Waals surface area contributed by atoms with E-state index in [0.29, 0.717) is 0 Å². The number of nitrogens with one attached hydrogen (secondary N) is 1. The summed E-state index contributed by atoms with van der Waals surface area (Å²) in [5.41, 5.74) is 3.76. The van der Waals surface area contributed by atoms with Gasteiger partial charge in [-0.25, -0.2) is 19.3 Å². The third-order valence-corrected chi connectivity index (χ3v) is 3.20. The van der Waals surface area contributed by atoms with Gasteiger partial charge in [0.1, 0.15) is 24.0 Å². The second kappa shape index (κ2) is 4.02. The van der Waals surface area contributed by atoms with Crippen LogP contribution in [0, 0.1) is 0 Å². The number of fused-ring (bicyclic) bond motifs is 1. The molecule has 1 N–H and O–H groups in total. The molecule has 0 bridgehead atoms. The van der Waals surface area contributed by atoms with Crippen LogP contribution in [-0.4, -0.2) is 34.5 Å². The number of aromatic amines is 1. The van der Waals surface area contributed by atoms with Crippen molar-refractivity contribution in [2.24, 2.45) is 7.05 Å². The fourth-order valence-corrected chi connectivity index (χ4v) is 2.16. The van der Waals surface area contributed by atoms with Crippen molar-refractivity contribution in [1.29, 1.82) is 0 Å². The van der Waals surface area contributed by atoms with Crippen LogP contribution in [-0.2, 0) is 7.05 Å². The first-order valence-corrected chi connectivity index (χ1v) is 6.14. The first kappa shape index (κ1) is 10.9. The predicted octanol–water partition coefficient (Wildman–Crippen LogP) is 1.54. The van der Waals surface area contributed by atoms with Gasteiger partial charge in [-0.3, -0.25) is 0 Å². The van der Waals surface area contributed by atoms with Crippen LogP contribution in [0.5, 0.6) is 0 Å². The van der Waals surface area contributed by atoms with E-state index in [1.54, 1.807) is 21.9 Å². The Morgan fingerprint density at radius 1 is 1.10 bits per heavy atom. The number of imidazole rings is 1. The average molecular weight is 265 g/mol. The van der Waals surface area contributed by atoms with Gasteiger partial charge in [0.05, 0.1) is 11.9 Å². The fourth-order valence-electron chi connectivity index (χ4n) is 2.16. The molecule has 4 rings (SSSR count). The molecule has 0 saturated heterocycles. The molecule has 1 aromatic carbocycles. The minimum atomic E-state index is 0.832. The molecule has 0 amide bonds. The minimum absolute atomic E-state index is 0.832. The normalized spacial score (nSPS) is 11.2. The number of hydrogen-bond donors (Lipinski definition) is 1. The van der Waals surface area contributed by atoms with E-state index in [4.69, 9.17) is 0 Å². The summed E-state index contributed by atoms with van der Waals surface area (Å²) in [6, 6.07) is 7.97. The van der Waals surface area contributed by atoms with Gasteiger partial charge < -0.3 is 4.98 Å². The lowest BCUT2D eigenvalue weighted by molar-refractivity contribution is 0.786. The highest BCUT2D eigenvalue weighted by Gasteiger charge is 2.08. The molecule has 0 aliphatic heterocycles. The molecule has 0 aliphatic rings. The molecule has 0 spiro atoms. The van der Waals surface area contributed by atoms with E-state index in [1.807, 2.05) is 31.3 Å². The fraction of sp³-hybridized carbons (Fsp3) is 0.0769. The van der Waals surface area contributed by atoms with Crippen molar-refractivity contribution in [3.8, 4) is 17.1 Å². The Morgan fingerprint density at radius 2 is 1.95 bits per heavy atom. The minimum Gasteiger partial charge on any atom is -0.335 e. The molecule has 3 aromatic heterocycles. The Balaban J connectivity index is 1.74. The van der Waals surface area contributed by atoms with Crippen molar-refractivity contribution in [3.05, 3.63) is 43.1 Å². The number of nitrogens with zero attached hydrogens (tertiary/aromatic N) is 6. The standard InChI is InChI=1S/C13H11N7/c1-19-13-11(6-15-19)17-12(18-13)9-2-4-10(5-3-9)20-8-14-7-16-20/h2-8H,1H3,(H,17,18). The zero-order valence-electron chi connectivity index (χ0n) is 10.7. The van der Waals surface area contributed by atoms with E-state index >= 15 is 0 Å². The van der Waals surface area contributed by atoms with Crippen molar-refractivity contribution in [2.75, 3.05) is 0 Å². The maximum absolute atomic E-state index is 4.55. The Labute approximate surface area is 113 Å². The molecule has 0 unspecified atom stereocenters. The van der Waals surface area contributed by atoms with Crippen LogP contribution in [0.15, 0.2) is 43.1 Å². The number of rotatable bonds is 2. The lowest BCUT2D eigenvalue weighted by Crippen LogP contribution is -1.94. The highest BCUT2D eigenvalue weighted by molar-refractivity contribution is 5.75. The van der Waals surface area contributed by atoms with E-state index < -0.39 is 0 Å². The van der Waals surface area contributed by atoms with Gasteiger partial charge in [-0.15, -0.1) is 0 Å². The molecule has 0 aliphatic carbocycles. The summed E-state index contributed by atoms with van der Waals surface area (Å²) in [4.78, 5) is 11.7. The topological polar surface area (TPSA) is 77.2 Å². The van der Waals surface area contributed by atoms with Gasteiger partial charge in [-0.1, -0.05) is 0 Å². The third kappa shape index (κ3) is 1.60. The molecule has 4 aromatic rings. The molecule has 7 heteroatoms. The molecule has 0 radical (unpaired) electrons. The Hall–Kier alpha value is -2.96. The molecule has 0 saturated carbocycles. The second-order valence-corrected chi connectivity index (χ2v) is 4.48. The van der Waals surface area contributed by atoms with Crippen molar-refractivity contribution < 1.29 is 0 Å². The Kier molecular flexibility index (Phi) is 2.19. The molecule has 20 heavy (non-hydrogen) atoms. The summed E-state index contributed by atoms with van der Waals surface area (Å²) in [5.74, 6) is 0.832. The van der Waals surface area contributed by atoms with Crippen LogP contribution in [0.4, 0.5) is 0 Å². The Bertz CT molecular complexity index is 852. The van der Waals surface area contributed by atoms with E-state index in [1.165, 1.54) is 6.33 Å². The van der Waals surface area contributed by atoms with Crippen LogP contribution >= 0.6 is 0 Å². The second-order valence-electron chi connectivity index (χ2n) is 4.48. The third-order valence-electron chi connectivity index (χ3n) is 3.20. The lowest BCUT2D eigenvalue weighted by atomic mass is 10.2. The van der Waals surface area contributed by atoms with Gasteiger partial charge in [0.25, 0.3) is 0 Å². The highest BCUT2D eigenvalue weighted by Crippen LogP contribution is 2.21. The zero-order chi connectivity index (χ0) is 13.5. The first-order valence-electron chi connectivity index (χ1n) is 6.14. The van der Waals surface area contributed by atoms with Gasteiger partial charge in [-0.05, 0) is 24.3 Å². The largest absolute Gasteiger partial charge is 0.335 e. The van der Waals surface area contributed by atoms with Gasteiger partial charge in [0, 0.05) is 12.6 Å². The van der Waals surface area contributed by atoms with Crippen LogP contribution in [0.1, 0.15) is 0 Å². The van der Waals surface area contributed by atoms with Crippen molar-refractivity contribution >= 4 is 11.2 Å². The van der Waals surface area contributed by atoms with Gasteiger partial charge in [0.2, 0.25) is 0 Å². The van der Waals surface area contributed by atoms with Crippen LogP contribution in [0.3, 0.4) is 0 Å². The molecular weight excluding hydrogens is 254 g/mol. The molecule has 7 nitrogen and oxygen atoms in total. The summed E-state index contributed by atoms with van der Waals surface area (Å²) in [5, 5.41) is 8.24. The average Bonchev–Trinajstić information content (AvgIpc) is 3.18. The Morgan fingerprint density at radius 3 is 2.65 bits per heavy atom. The van der Waals surface area contributed by atoms with E-state index in [9.17, 15) is 0 Å². The lowest BCUT2D eigenvalue weighted by Gasteiger charge is -2.01. The van der Waals surface area contributed by atoms with Gasteiger partial charge >= 0.3 is 0 Å². The quantitative estimate of drug-likeness (QED) is 0.596. The molecule has 0 atom stereocenters. The monoisotopic (exact) mass is 265 g/mol. The predicted molar refractivity (Wildman–Crippen MR) is 73.2 cm³/mol. The molecule has 98 valence electrons. The summed E-state index contributed by atoms with van der Waals surface area (Å²) >= 11 is 0. The number of hydrogen-bond acceptors (Lipinski definition) is 4. The van der Waals surface area contributed by atoms with Crippen molar-refractivity contribution in [1.82, 2.24) is 34.5 Å². The van der Waals surface area contributed by atoms with Crippen LogP contribution in [0.2, 0.25) is 0 Å². The van der Waals surface area contributed by atoms with Gasteiger partial charge in [-0.2, -0.15) is 10.2 Å². The summed E-state index contributed by atoms with van der Waals surface area (Å²) in [7, 11) is 1.88. The van der Waals surface area contributed by atoms with Gasteiger partial charge in [0.15, 0.2) is 5.65 Å². The zero-order valence-corrected chi connectivity index (χ0v) is 10.7. The summed E-state index contributed by atoms with van der Waals surface area (Å²) in [6.45, 7) is 0. The summed E-state index contributed by atoms with van der Waals surface area (Å²) in [6.07, 6.45) is 4.96. The maximum Gasteiger partial charge on any atom is 0.176 e. The van der Waals surface area contributed by atoms with Crippen molar-refractivity contribution in [2.45, 2.75) is 0 Å². The number of H-pyrrole nitrogens is 1. The SMILES string of the molecule is Cn1ncc2[nH]c(-c3ccc(-n4cncn4)cc3)nc21. The number of benzene rings is 1. The first-order chi connectivity index (χ1) is 9.81. The number of aryl methyl sites for hydroxylation is 1. The van der Waals surface area contributed by atoms with E-state index in [-0.39, 0.29) is 0 Å². The highest BCUT2D eigenvalue weighted by atomic mass is 15.3. The van der Waals surface area contributed by atoms with Crippen molar-refractivity contribution in [3.63, 3.8) is 0 Å². The molecular formula is C13H11N7. The maximum atomic E-state index is 4.55. The molecule has 0 fully saturated rings. The van der Waals surface area contributed by atoms with Crippen LogP contribution < -0.4 is 0 Å². The van der Waals surface area contributed by atoms with E-state index in [2.05, 4.69) is 25.1 Å². The summed E-state index contributed by atoms with van der Waals surface area (Å²) < 4.78 is 3.46. The number of aromatic nitrogens is 7. The smallest absolute Gasteiger partial charge is 0.176 e. The molecule has 3 heterocycles. The van der Waals surface area contributed by atoms with E-state index in [0.717, 1.165) is 28.2 Å². The van der Waals surface area contributed by atoms with Crippen LogP contribution in [0.25, 0.3) is 28.2 Å².